The van der Waals surface area contributed by atoms with E-state index in [1.165, 1.54) is 22.9 Å². The number of thiol groups is 1. The van der Waals surface area contributed by atoms with Gasteiger partial charge in [0.25, 0.3) is 0 Å². The number of rotatable bonds is 5. The van der Waals surface area contributed by atoms with Crippen LogP contribution in [0.25, 0.3) is 0 Å². The summed E-state index contributed by atoms with van der Waals surface area (Å²) in [6.45, 7) is 6.82. The molecule has 1 atom stereocenters. The van der Waals surface area contributed by atoms with Crippen LogP contribution in [0.3, 0.4) is 0 Å². The quantitative estimate of drug-likeness (QED) is 0.603. The third-order valence-corrected chi connectivity index (χ3v) is 4.64. The second kappa shape index (κ2) is 6.41. The number of nitrogens with one attached hydrogen (secondary N) is 1. The summed E-state index contributed by atoms with van der Waals surface area (Å²) in [5.74, 6) is 0. The Morgan fingerprint density at radius 3 is 2.11 bits per heavy atom. The van der Waals surface area contributed by atoms with Crippen LogP contribution in [0.1, 0.15) is 37.1 Å². The van der Waals surface area contributed by atoms with Gasteiger partial charge in [-0.15, -0.1) is 11.7 Å². The molecule has 19 heavy (non-hydrogen) atoms. The summed E-state index contributed by atoms with van der Waals surface area (Å²) < 4.78 is 37.6. The van der Waals surface area contributed by atoms with Crippen molar-refractivity contribution >= 4 is 22.5 Å². The van der Waals surface area contributed by atoms with E-state index >= 15 is 0 Å². The lowest BCUT2D eigenvalue weighted by Gasteiger charge is -2.34. The molecule has 0 aliphatic carbocycles. The van der Waals surface area contributed by atoms with E-state index in [9.17, 15) is 13.2 Å². The Hall–Kier alpha value is -0.330. The number of benzene rings is 1. The van der Waals surface area contributed by atoms with Crippen molar-refractivity contribution in [2.75, 3.05) is 6.54 Å². The summed E-state index contributed by atoms with van der Waals surface area (Å²) in [5, 5.41) is 3.29. The van der Waals surface area contributed by atoms with Crippen LogP contribution in [0.4, 0.5) is 13.2 Å². The van der Waals surface area contributed by atoms with Crippen molar-refractivity contribution in [3.8, 4) is 0 Å². The van der Waals surface area contributed by atoms with Gasteiger partial charge in [-0.1, -0.05) is 29.9 Å². The predicted octanol–water partition coefficient (Wildman–Crippen LogP) is 4.71. The van der Waals surface area contributed by atoms with Crippen molar-refractivity contribution < 1.29 is 13.2 Å². The minimum absolute atomic E-state index is 0.0296. The van der Waals surface area contributed by atoms with Crippen molar-refractivity contribution in [3.05, 3.63) is 35.4 Å². The van der Waals surface area contributed by atoms with Crippen LogP contribution >= 0.6 is 22.5 Å². The van der Waals surface area contributed by atoms with E-state index in [4.69, 9.17) is 0 Å². The Morgan fingerprint density at radius 2 is 1.74 bits per heavy atom. The molecule has 1 aromatic carbocycles. The molecule has 0 bridgehead atoms. The summed E-state index contributed by atoms with van der Waals surface area (Å²) in [7, 11) is 1.33. The van der Waals surface area contributed by atoms with E-state index in [-0.39, 0.29) is 10.8 Å². The van der Waals surface area contributed by atoms with Crippen LogP contribution in [0, 0.1) is 0 Å². The molecule has 0 spiro atoms. The molecule has 1 rings (SSSR count). The fourth-order valence-corrected chi connectivity index (χ4v) is 3.79. The molecule has 1 unspecified atom stereocenters. The van der Waals surface area contributed by atoms with E-state index in [1.807, 2.05) is 20.8 Å². The Labute approximate surface area is 121 Å². The van der Waals surface area contributed by atoms with E-state index in [0.717, 1.165) is 24.2 Å². The van der Waals surface area contributed by atoms with Crippen LogP contribution in [0.2, 0.25) is 0 Å². The molecule has 0 aliphatic rings. The van der Waals surface area contributed by atoms with E-state index in [1.54, 1.807) is 0 Å². The first kappa shape index (κ1) is 16.7. The SMILES string of the molecule is CCNC(C)(C)C(SS)c1ccc(C(F)(F)F)cc1. The minimum Gasteiger partial charge on any atom is -0.311 e. The van der Waals surface area contributed by atoms with Gasteiger partial charge in [0.05, 0.1) is 10.8 Å². The molecule has 0 saturated heterocycles. The van der Waals surface area contributed by atoms with Crippen LogP contribution in [-0.4, -0.2) is 12.1 Å². The average Bonchev–Trinajstić information content (AvgIpc) is 2.28. The molecule has 0 saturated carbocycles. The number of hydrogen-bond acceptors (Lipinski definition) is 3. The lowest BCUT2D eigenvalue weighted by atomic mass is 9.93. The van der Waals surface area contributed by atoms with Gasteiger partial charge in [-0.05, 0) is 38.1 Å². The van der Waals surface area contributed by atoms with E-state index < -0.39 is 11.7 Å². The van der Waals surface area contributed by atoms with Crippen LogP contribution in [-0.2, 0) is 6.18 Å². The first-order chi connectivity index (χ1) is 8.72. The van der Waals surface area contributed by atoms with Gasteiger partial charge in [-0.25, -0.2) is 0 Å². The molecule has 1 aromatic rings. The molecule has 1 N–H and O–H groups in total. The lowest BCUT2D eigenvalue weighted by Crippen LogP contribution is -2.43. The number of hydrogen-bond donors (Lipinski definition) is 2. The molecular formula is C13H18F3NS2. The molecule has 108 valence electrons. The van der Waals surface area contributed by atoms with Crippen molar-refractivity contribution in [2.24, 2.45) is 0 Å². The molecular weight excluding hydrogens is 291 g/mol. The Morgan fingerprint density at radius 1 is 1.21 bits per heavy atom. The smallest absolute Gasteiger partial charge is 0.311 e. The Balaban J connectivity index is 3.01. The highest BCUT2D eigenvalue weighted by atomic mass is 33.1. The van der Waals surface area contributed by atoms with Crippen LogP contribution in [0.15, 0.2) is 24.3 Å². The number of halogens is 3. The molecule has 0 amide bonds. The van der Waals surface area contributed by atoms with E-state index in [2.05, 4.69) is 17.0 Å². The summed E-state index contributed by atoms with van der Waals surface area (Å²) in [6.07, 6.45) is -4.29. The first-order valence-electron chi connectivity index (χ1n) is 5.94. The standard InChI is InChI=1S/C13H18F3NS2/c1-4-17-12(2,3)11(19-18)9-5-7-10(8-6-9)13(14,15)16/h5-8,11,17-18H,4H2,1-3H3. The van der Waals surface area contributed by atoms with Crippen molar-refractivity contribution in [1.29, 1.82) is 0 Å². The zero-order chi connectivity index (χ0) is 14.7. The summed E-state index contributed by atoms with van der Waals surface area (Å²) in [4.78, 5) is 0. The molecule has 6 heteroatoms. The Bertz CT molecular complexity index is 401. The molecule has 0 aromatic heterocycles. The van der Waals surface area contributed by atoms with Gasteiger partial charge in [0, 0.05) is 5.54 Å². The molecule has 0 radical (unpaired) electrons. The highest BCUT2D eigenvalue weighted by Gasteiger charge is 2.32. The third kappa shape index (κ3) is 4.33. The summed E-state index contributed by atoms with van der Waals surface area (Å²) in [6, 6.07) is 5.29. The van der Waals surface area contributed by atoms with Crippen LogP contribution < -0.4 is 5.32 Å². The second-order valence-corrected chi connectivity index (χ2v) is 6.17. The van der Waals surface area contributed by atoms with Gasteiger partial charge >= 0.3 is 6.18 Å². The fraction of sp³-hybridized carbons (Fsp3) is 0.538. The maximum atomic E-state index is 12.5. The first-order valence-corrected chi connectivity index (χ1v) is 7.88. The van der Waals surface area contributed by atoms with Gasteiger partial charge in [0.1, 0.15) is 0 Å². The van der Waals surface area contributed by atoms with Crippen molar-refractivity contribution in [2.45, 2.75) is 37.7 Å². The average molecular weight is 309 g/mol. The summed E-state index contributed by atoms with van der Waals surface area (Å²) in [5.41, 5.74) is -0.0413. The molecule has 0 heterocycles. The monoisotopic (exact) mass is 309 g/mol. The molecule has 0 aliphatic heterocycles. The largest absolute Gasteiger partial charge is 0.416 e. The maximum absolute atomic E-state index is 12.5. The molecule has 0 fully saturated rings. The van der Waals surface area contributed by atoms with Gasteiger partial charge in [-0.3, -0.25) is 0 Å². The highest BCUT2D eigenvalue weighted by molar-refractivity contribution is 8.68. The van der Waals surface area contributed by atoms with Gasteiger partial charge in [-0.2, -0.15) is 13.2 Å². The van der Waals surface area contributed by atoms with Crippen LogP contribution in [0.5, 0.6) is 0 Å². The molecule has 1 nitrogen and oxygen atoms in total. The minimum atomic E-state index is -4.29. The van der Waals surface area contributed by atoms with Gasteiger partial charge in [0.15, 0.2) is 0 Å². The second-order valence-electron chi connectivity index (χ2n) is 4.86. The van der Waals surface area contributed by atoms with Gasteiger partial charge in [0.2, 0.25) is 0 Å². The summed E-state index contributed by atoms with van der Waals surface area (Å²) >= 11 is 4.25. The topological polar surface area (TPSA) is 12.0 Å². The maximum Gasteiger partial charge on any atom is 0.416 e. The van der Waals surface area contributed by atoms with Crippen molar-refractivity contribution in [3.63, 3.8) is 0 Å². The van der Waals surface area contributed by atoms with Crippen molar-refractivity contribution in [1.82, 2.24) is 5.32 Å². The van der Waals surface area contributed by atoms with E-state index in [0.29, 0.717) is 0 Å². The number of alkyl halides is 3. The zero-order valence-electron chi connectivity index (χ0n) is 11.1. The lowest BCUT2D eigenvalue weighted by molar-refractivity contribution is -0.137. The highest BCUT2D eigenvalue weighted by Crippen LogP contribution is 2.41. The zero-order valence-corrected chi connectivity index (χ0v) is 12.8. The predicted molar refractivity (Wildman–Crippen MR) is 78.5 cm³/mol. The van der Waals surface area contributed by atoms with Gasteiger partial charge < -0.3 is 5.32 Å². The normalized spacial score (nSPS) is 14.5. The Kier molecular flexibility index (Phi) is 5.65. The number of likely N-dealkylation sites (N-methyl/N-ethyl adjacent to an activating group) is 1. The fourth-order valence-electron chi connectivity index (χ4n) is 2.00. The third-order valence-electron chi connectivity index (χ3n) is 2.93.